The Hall–Kier alpha value is -3.03. The zero-order chi connectivity index (χ0) is 20.6. The van der Waals surface area contributed by atoms with E-state index in [1.165, 1.54) is 0 Å². The van der Waals surface area contributed by atoms with Gasteiger partial charge in [0.25, 0.3) is 0 Å². The third-order valence-electron chi connectivity index (χ3n) is 3.89. The number of hydrogen-bond donors (Lipinski definition) is 2. The zero-order valence-corrected chi connectivity index (χ0v) is 15.3. The fourth-order valence-corrected chi connectivity index (χ4v) is 2.43. The van der Waals surface area contributed by atoms with Crippen LogP contribution in [0.25, 0.3) is 0 Å². The number of methoxy groups -OCH3 is 1. The molecule has 2 N–H and O–H groups in total. The standard InChI is InChI=1S/C20H21F3N2O3/c1-28-17-9-4-14(5-10-17)6-11-18(26)25-16-7-2-15(3-8-16)12-19(27)24-13-20(21,22)23/h2-5,7-10H,6,11-13H2,1H3,(H,24,27)(H,25,26). The van der Waals surface area contributed by atoms with E-state index in [1.54, 1.807) is 31.4 Å². The van der Waals surface area contributed by atoms with Crippen molar-refractivity contribution in [3.63, 3.8) is 0 Å². The van der Waals surface area contributed by atoms with E-state index in [-0.39, 0.29) is 12.3 Å². The molecular formula is C20H21F3N2O3. The molecule has 2 aromatic carbocycles. The van der Waals surface area contributed by atoms with Gasteiger partial charge in [0, 0.05) is 12.1 Å². The van der Waals surface area contributed by atoms with Gasteiger partial charge in [0.1, 0.15) is 12.3 Å². The summed E-state index contributed by atoms with van der Waals surface area (Å²) in [6.45, 7) is -1.35. The summed E-state index contributed by atoms with van der Waals surface area (Å²) in [5.74, 6) is -0.125. The van der Waals surface area contributed by atoms with Gasteiger partial charge in [-0.15, -0.1) is 0 Å². The Balaban J connectivity index is 1.77. The Morgan fingerprint density at radius 3 is 2.11 bits per heavy atom. The summed E-state index contributed by atoms with van der Waals surface area (Å²) >= 11 is 0. The zero-order valence-electron chi connectivity index (χ0n) is 15.3. The van der Waals surface area contributed by atoms with E-state index >= 15 is 0 Å². The SMILES string of the molecule is COc1ccc(CCC(=O)Nc2ccc(CC(=O)NCC(F)(F)F)cc2)cc1. The average molecular weight is 394 g/mol. The number of halogens is 3. The van der Waals surface area contributed by atoms with Gasteiger partial charge in [-0.1, -0.05) is 24.3 Å². The van der Waals surface area contributed by atoms with Gasteiger partial charge in [0.05, 0.1) is 13.5 Å². The van der Waals surface area contributed by atoms with Crippen molar-refractivity contribution >= 4 is 17.5 Å². The lowest BCUT2D eigenvalue weighted by atomic mass is 10.1. The monoisotopic (exact) mass is 394 g/mol. The molecule has 8 heteroatoms. The quantitative estimate of drug-likeness (QED) is 0.720. The van der Waals surface area contributed by atoms with E-state index in [1.807, 2.05) is 29.6 Å². The Morgan fingerprint density at radius 2 is 1.54 bits per heavy atom. The van der Waals surface area contributed by atoms with Crippen LogP contribution in [0.15, 0.2) is 48.5 Å². The molecule has 0 aliphatic rings. The van der Waals surface area contributed by atoms with Crippen molar-refractivity contribution in [2.75, 3.05) is 19.0 Å². The number of carbonyl (C=O) groups excluding carboxylic acids is 2. The number of ether oxygens (including phenoxy) is 1. The second-order valence-electron chi connectivity index (χ2n) is 6.16. The Morgan fingerprint density at radius 1 is 0.929 bits per heavy atom. The van der Waals surface area contributed by atoms with Crippen LogP contribution >= 0.6 is 0 Å². The highest BCUT2D eigenvalue weighted by Gasteiger charge is 2.27. The summed E-state index contributed by atoms with van der Waals surface area (Å²) in [6.07, 6.45) is -3.72. The summed E-state index contributed by atoms with van der Waals surface area (Å²) in [6, 6.07) is 13.8. The summed E-state index contributed by atoms with van der Waals surface area (Å²) < 4.78 is 41.3. The first-order valence-electron chi connectivity index (χ1n) is 8.60. The average Bonchev–Trinajstić information content (AvgIpc) is 2.66. The molecule has 2 rings (SSSR count). The van der Waals surface area contributed by atoms with Crippen LogP contribution in [0.2, 0.25) is 0 Å². The molecular weight excluding hydrogens is 373 g/mol. The number of anilines is 1. The maximum absolute atomic E-state index is 12.1. The van der Waals surface area contributed by atoms with Gasteiger partial charge in [0.15, 0.2) is 0 Å². The van der Waals surface area contributed by atoms with Gasteiger partial charge in [-0.05, 0) is 41.8 Å². The van der Waals surface area contributed by atoms with E-state index in [9.17, 15) is 22.8 Å². The predicted octanol–water partition coefficient (Wildman–Crippen LogP) is 3.49. The van der Waals surface area contributed by atoms with Crippen molar-refractivity contribution in [1.82, 2.24) is 5.32 Å². The van der Waals surface area contributed by atoms with Crippen LogP contribution in [0.5, 0.6) is 5.75 Å². The van der Waals surface area contributed by atoms with Gasteiger partial charge < -0.3 is 15.4 Å². The predicted molar refractivity (Wildman–Crippen MR) is 99.2 cm³/mol. The third-order valence-corrected chi connectivity index (χ3v) is 3.89. The first-order valence-corrected chi connectivity index (χ1v) is 8.60. The normalized spacial score (nSPS) is 11.0. The summed E-state index contributed by atoms with van der Waals surface area (Å²) in [5.41, 5.74) is 2.12. The van der Waals surface area contributed by atoms with E-state index in [4.69, 9.17) is 4.74 Å². The molecule has 5 nitrogen and oxygen atoms in total. The van der Waals surface area contributed by atoms with Gasteiger partial charge in [-0.25, -0.2) is 0 Å². The molecule has 0 unspecified atom stereocenters. The van der Waals surface area contributed by atoms with E-state index in [0.29, 0.717) is 24.1 Å². The molecule has 2 aromatic rings. The van der Waals surface area contributed by atoms with E-state index in [2.05, 4.69) is 5.32 Å². The highest BCUT2D eigenvalue weighted by molar-refractivity contribution is 5.90. The molecule has 0 bridgehead atoms. The smallest absolute Gasteiger partial charge is 0.405 e. The second-order valence-corrected chi connectivity index (χ2v) is 6.16. The van der Waals surface area contributed by atoms with Crippen LogP contribution in [0.3, 0.4) is 0 Å². The first kappa shape index (κ1) is 21.3. The third kappa shape index (κ3) is 7.69. The van der Waals surface area contributed by atoms with Gasteiger partial charge in [0.2, 0.25) is 11.8 Å². The first-order chi connectivity index (χ1) is 13.2. The number of benzene rings is 2. The van der Waals surface area contributed by atoms with E-state index < -0.39 is 18.6 Å². The number of alkyl halides is 3. The van der Waals surface area contributed by atoms with Crippen molar-refractivity contribution in [2.45, 2.75) is 25.4 Å². The van der Waals surface area contributed by atoms with Gasteiger partial charge in [-0.2, -0.15) is 13.2 Å². The Kier molecular flexibility index (Phi) is 7.43. The van der Waals surface area contributed by atoms with Crippen LogP contribution in [-0.2, 0) is 22.4 Å². The number of rotatable bonds is 8. The van der Waals surface area contributed by atoms with Crippen LogP contribution in [0, 0.1) is 0 Å². The summed E-state index contributed by atoms with van der Waals surface area (Å²) in [5, 5.41) is 4.56. The van der Waals surface area contributed by atoms with Crippen molar-refractivity contribution < 1.29 is 27.5 Å². The molecule has 0 fully saturated rings. The lowest BCUT2D eigenvalue weighted by molar-refractivity contribution is -0.138. The topological polar surface area (TPSA) is 67.4 Å². The molecule has 0 heterocycles. The van der Waals surface area contributed by atoms with Gasteiger partial charge in [-0.3, -0.25) is 9.59 Å². The summed E-state index contributed by atoms with van der Waals surface area (Å²) in [7, 11) is 1.59. The van der Waals surface area contributed by atoms with Crippen molar-refractivity contribution in [3.8, 4) is 5.75 Å². The minimum absolute atomic E-state index is 0.161. The van der Waals surface area contributed by atoms with Crippen LogP contribution in [-0.4, -0.2) is 31.6 Å². The number of amides is 2. The minimum atomic E-state index is -4.43. The molecule has 150 valence electrons. The van der Waals surface area contributed by atoms with Crippen LogP contribution in [0.4, 0.5) is 18.9 Å². The number of carbonyl (C=O) groups is 2. The molecule has 0 radical (unpaired) electrons. The van der Waals surface area contributed by atoms with Crippen LogP contribution < -0.4 is 15.4 Å². The number of hydrogen-bond acceptors (Lipinski definition) is 3. The van der Waals surface area contributed by atoms with E-state index in [0.717, 1.165) is 11.3 Å². The largest absolute Gasteiger partial charge is 0.497 e. The molecule has 0 spiro atoms. The fraction of sp³-hybridized carbons (Fsp3) is 0.300. The lowest BCUT2D eigenvalue weighted by Crippen LogP contribution is -2.34. The molecule has 2 amide bonds. The molecule has 0 aliphatic carbocycles. The number of nitrogens with one attached hydrogen (secondary N) is 2. The molecule has 0 atom stereocenters. The molecule has 0 aromatic heterocycles. The number of aryl methyl sites for hydroxylation is 1. The lowest BCUT2D eigenvalue weighted by Gasteiger charge is -2.09. The highest BCUT2D eigenvalue weighted by Crippen LogP contribution is 2.15. The summed E-state index contributed by atoms with van der Waals surface area (Å²) in [4.78, 5) is 23.5. The van der Waals surface area contributed by atoms with Crippen molar-refractivity contribution in [2.24, 2.45) is 0 Å². The highest BCUT2D eigenvalue weighted by atomic mass is 19.4. The molecule has 0 saturated carbocycles. The second kappa shape index (κ2) is 9.77. The van der Waals surface area contributed by atoms with Gasteiger partial charge >= 0.3 is 6.18 Å². The maximum atomic E-state index is 12.1. The van der Waals surface area contributed by atoms with Crippen molar-refractivity contribution in [1.29, 1.82) is 0 Å². The Bertz CT molecular complexity index is 788. The Labute approximate surface area is 160 Å². The minimum Gasteiger partial charge on any atom is -0.497 e. The molecule has 28 heavy (non-hydrogen) atoms. The molecule has 0 aliphatic heterocycles. The van der Waals surface area contributed by atoms with Crippen molar-refractivity contribution in [3.05, 3.63) is 59.7 Å². The van der Waals surface area contributed by atoms with Crippen LogP contribution in [0.1, 0.15) is 17.5 Å². The fourth-order valence-electron chi connectivity index (χ4n) is 2.43. The molecule has 0 saturated heterocycles. The maximum Gasteiger partial charge on any atom is 0.405 e.